The van der Waals surface area contributed by atoms with Crippen molar-refractivity contribution in [2.45, 2.75) is 19.8 Å². The van der Waals surface area contributed by atoms with Crippen molar-refractivity contribution in [3.05, 3.63) is 29.3 Å². The van der Waals surface area contributed by atoms with Gasteiger partial charge in [0.05, 0.1) is 5.92 Å². The zero-order valence-electron chi connectivity index (χ0n) is 9.73. The largest absolute Gasteiger partial charge is 0.481 e. The number of likely N-dealkylation sites (N-methyl/N-ethyl adjacent to an activating group) is 1. The van der Waals surface area contributed by atoms with Crippen LogP contribution in [0.1, 0.15) is 18.1 Å². The standard InChI is InChI=1S/C13H17NO2/c1-9(13(15)16)7-10-3-4-12-11(8-10)5-6-14(12)2/h3-4,8-9H,5-7H2,1-2H3,(H,15,16)/t9-/m1/s1. The number of fused-ring (bicyclic) bond motifs is 1. The maximum atomic E-state index is 10.8. The zero-order chi connectivity index (χ0) is 11.7. The van der Waals surface area contributed by atoms with Gasteiger partial charge in [0.25, 0.3) is 0 Å². The second kappa shape index (κ2) is 4.16. The predicted octanol–water partition coefficient (Wildman–Crippen LogP) is 1.94. The van der Waals surface area contributed by atoms with Crippen LogP contribution >= 0.6 is 0 Å². The summed E-state index contributed by atoms with van der Waals surface area (Å²) in [6, 6.07) is 6.30. The predicted molar refractivity (Wildman–Crippen MR) is 63.9 cm³/mol. The van der Waals surface area contributed by atoms with E-state index in [-0.39, 0.29) is 5.92 Å². The fourth-order valence-corrected chi connectivity index (χ4v) is 2.19. The molecule has 1 aliphatic rings. The molecule has 0 radical (unpaired) electrons. The Morgan fingerprint density at radius 3 is 3.00 bits per heavy atom. The molecule has 0 aromatic heterocycles. The summed E-state index contributed by atoms with van der Waals surface area (Å²) in [6.45, 7) is 2.81. The third-order valence-corrected chi connectivity index (χ3v) is 3.24. The van der Waals surface area contributed by atoms with Crippen LogP contribution in [0.2, 0.25) is 0 Å². The molecule has 16 heavy (non-hydrogen) atoms. The van der Waals surface area contributed by atoms with Gasteiger partial charge in [0.2, 0.25) is 0 Å². The Morgan fingerprint density at radius 2 is 2.31 bits per heavy atom. The molecule has 1 aromatic rings. The van der Waals surface area contributed by atoms with Crippen molar-refractivity contribution in [2.24, 2.45) is 5.92 Å². The second-order valence-electron chi connectivity index (χ2n) is 4.58. The average molecular weight is 219 g/mol. The summed E-state index contributed by atoms with van der Waals surface area (Å²) in [4.78, 5) is 13.0. The van der Waals surface area contributed by atoms with E-state index >= 15 is 0 Å². The normalized spacial score (nSPS) is 16.0. The van der Waals surface area contributed by atoms with Crippen molar-refractivity contribution in [2.75, 3.05) is 18.5 Å². The third-order valence-electron chi connectivity index (χ3n) is 3.24. The van der Waals surface area contributed by atoms with Crippen molar-refractivity contribution in [3.8, 4) is 0 Å². The number of hydrogen-bond acceptors (Lipinski definition) is 2. The molecule has 0 amide bonds. The molecule has 3 heteroatoms. The van der Waals surface area contributed by atoms with E-state index in [1.54, 1.807) is 6.92 Å². The van der Waals surface area contributed by atoms with Crippen molar-refractivity contribution in [1.29, 1.82) is 0 Å². The molecule has 0 aliphatic carbocycles. The first-order chi connectivity index (χ1) is 7.58. The summed E-state index contributed by atoms with van der Waals surface area (Å²) in [5.41, 5.74) is 3.76. The number of benzene rings is 1. The van der Waals surface area contributed by atoms with Crippen LogP contribution in [0.5, 0.6) is 0 Å². The zero-order valence-corrected chi connectivity index (χ0v) is 9.73. The molecular formula is C13H17NO2. The summed E-state index contributed by atoms with van der Waals surface area (Å²) < 4.78 is 0. The highest BCUT2D eigenvalue weighted by molar-refractivity contribution is 5.70. The summed E-state index contributed by atoms with van der Waals surface area (Å²) >= 11 is 0. The van der Waals surface area contributed by atoms with E-state index in [0.717, 1.165) is 18.5 Å². The van der Waals surface area contributed by atoms with E-state index in [1.807, 2.05) is 6.07 Å². The van der Waals surface area contributed by atoms with Gasteiger partial charge < -0.3 is 10.0 Å². The van der Waals surface area contributed by atoms with E-state index in [4.69, 9.17) is 5.11 Å². The average Bonchev–Trinajstić information content (AvgIpc) is 2.60. The molecule has 0 bridgehead atoms. The minimum atomic E-state index is -0.724. The Bertz CT molecular complexity index is 414. The van der Waals surface area contributed by atoms with Gasteiger partial charge in [-0.1, -0.05) is 19.1 Å². The first-order valence-corrected chi connectivity index (χ1v) is 5.63. The van der Waals surface area contributed by atoms with Gasteiger partial charge in [0.1, 0.15) is 0 Å². The van der Waals surface area contributed by atoms with Gasteiger partial charge in [-0.25, -0.2) is 0 Å². The summed E-state index contributed by atoms with van der Waals surface area (Å²) in [5.74, 6) is -1.03. The number of carboxylic acid groups (broad SMARTS) is 1. The van der Waals surface area contributed by atoms with E-state index in [0.29, 0.717) is 6.42 Å². The number of nitrogens with zero attached hydrogens (tertiary/aromatic N) is 1. The van der Waals surface area contributed by atoms with Crippen LogP contribution in [0, 0.1) is 5.92 Å². The Labute approximate surface area is 95.7 Å². The lowest BCUT2D eigenvalue weighted by Crippen LogP contribution is -2.13. The maximum Gasteiger partial charge on any atom is 0.306 e. The minimum Gasteiger partial charge on any atom is -0.481 e. The van der Waals surface area contributed by atoms with E-state index < -0.39 is 5.97 Å². The Balaban J connectivity index is 2.16. The highest BCUT2D eigenvalue weighted by atomic mass is 16.4. The Morgan fingerprint density at radius 1 is 1.56 bits per heavy atom. The molecule has 0 saturated carbocycles. The van der Waals surface area contributed by atoms with Gasteiger partial charge in [0.15, 0.2) is 0 Å². The van der Waals surface area contributed by atoms with Crippen LogP contribution in [0.3, 0.4) is 0 Å². The minimum absolute atomic E-state index is 0.308. The number of aliphatic carboxylic acids is 1. The van der Waals surface area contributed by atoms with Gasteiger partial charge in [-0.05, 0) is 30.0 Å². The third kappa shape index (κ3) is 2.03. The fraction of sp³-hybridized carbons (Fsp3) is 0.462. The van der Waals surface area contributed by atoms with Crippen molar-refractivity contribution < 1.29 is 9.90 Å². The van der Waals surface area contributed by atoms with E-state index in [2.05, 4.69) is 24.1 Å². The molecule has 1 aliphatic heterocycles. The highest BCUT2D eigenvalue weighted by Gasteiger charge is 2.17. The summed E-state index contributed by atoms with van der Waals surface area (Å²) in [6.07, 6.45) is 1.69. The first kappa shape index (κ1) is 11.0. The van der Waals surface area contributed by atoms with Crippen LogP contribution in [0.15, 0.2) is 18.2 Å². The lowest BCUT2D eigenvalue weighted by molar-refractivity contribution is -0.141. The van der Waals surface area contributed by atoms with E-state index in [9.17, 15) is 4.79 Å². The van der Waals surface area contributed by atoms with Crippen molar-refractivity contribution in [3.63, 3.8) is 0 Å². The molecule has 3 nitrogen and oxygen atoms in total. The van der Waals surface area contributed by atoms with Crippen LogP contribution in [-0.4, -0.2) is 24.7 Å². The fourth-order valence-electron chi connectivity index (χ4n) is 2.19. The molecule has 1 heterocycles. The van der Waals surface area contributed by atoms with Crippen LogP contribution < -0.4 is 4.90 Å². The quantitative estimate of drug-likeness (QED) is 0.844. The van der Waals surface area contributed by atoms with E-state index in [1.165, 1.54) is 11.3 Å². The number of carboxylic acids is 1. The number of hydrogen-bond donors (Lipinski definition) is 1. The van der Waals surface area contributed by atoms with Gasteiger partial charge in [0, 0.05) is 19.3 Å². The molecule has 0 fully saturated rings. The molecule has 0 spiro atoms. The number of rotatable bonds is 3. The molecule has 0 unspecified atom stereocenters. The van der Waals surface area contributed by atoms with Gasteiger partial charge >= 0.3 is 5.97 Å². The molecule has 1 N–H and O–H groups in total. The van der Waals surface area contributed by atoms with Gasteiger partial charge in [-0.3, -0.25) is 4.79 Å². The Kier molecular flexibility index (Phi) is 2.86. The van der Waals surface area contributed by atoms with Gasteiger partial charge in [-0.15, -0.1) is 0 Å². The number of anilines is 1. The lowest BCUT2D eigenvalue weighted by Gasteiger charge is -2.12. The lowest BCUT2D eigenvalue weighted by atomic mass is 9.99. The number of carbonyl (C=O) groups is 1. The van der Waals surface area contributed by atoms with Crippen molar-refractivity contribution >= 4 is 11.7 Å². The van der Waals surface area contributed by atoms with Crippen LogP contribution in [0.25, 0.3) is 0 Å². The topological polar surface area (TPSA) is 40.5 Å². The molecule has 2 rings (SSSR count). The van der Waals surface area contributed by atoms with Gasteiger partial charge in [-0.2, -0.15) is 0 Å². The molecule has 1 aromatic carbocycles. The molecule has 0 saturated heterocycles. The molecular weight excluding hydrogens is 202 g/mol. The summed E-state index contributed by atoms with van der Waals surface area (Å²) in [5, 5.41) is 8.87. The Hall–Kier alpha value is -1.51. The van der Waals surface area contributed by atoms with Crippen LogP contribution in [0.4, 0.5) is 5.69 Å². The highest BCUT2D eigenvalue weighted by Crippen LogP contribution is 2.28. The summed E-state index contributed by atoms with van der Waals surface area (Å²) in [7, 11) is 2.09. The molecule has 1 atom stereocenters. The van der Waals surface area contributed by atoms with Crippen LogP contribution in [-0.2, 0) is 17.6 Å². The van der Waals surface area contributed by atoms with Crippen molar-refractivity contribution in [1.82, 2.24) is 0 Å². The smallest absolute Gasteiger partial charge is 0.306 e. The second-order valence-corrected chi connectivity index (χ2v) is 4.58. The molecule has 86 valence electrons. The monoisotopic (exact) mass is 219 g/mol. The first-order valence-electron chi connectivity index (χ1n) is 5.63. The SMILES string of the molecule is C[C@H](Cc1ccc2c(c1)CCN2C)C(=O)O. The maximum absolute atomic E-state index is 10.8.